The molecule has 0 amide bonds. The molecule has 0 aliphatic carbocycles. The van der Waals surface area contributed by atoms with Crippen LogP contribution in [0.3, 0.4) is 0 Å². The van der Waals surface area contributed by atoms with Crippen LogP contribution in [0.15, 0.2) is 0 Å². The molecular formula is C4H3BLiN3O4. The van der Waals surface area contributed by atoms with Crippen LogP contribution in [0.4, 0.5) is 0 Å². The Labute approximate surface area is 86.0 Å². The average Bonchev–Trinajstić information content (AvgIpc) is 2.08. The second kappa shape index (κ2) is 6.48. The Bertz CT molecular complexity index is 241. The molecule has 62 valence electrons. The van der Waals surface area contributed by atoms with Gasteiger partial charge in [0.2, 0.25) is 0 Å². The monoisotopic (exact) mass is 175 g/mol. The topological polar surface area (TPSA) is 130 Å². The zero-order chi connectivity index (χ0) is 9.61. The van der Waals surface area contributed by atoms with E-state index in [0.717, 1.165) is 0 Å². The summed E-state index contributed by atoms with van der Waals surface area (Å²) >= 11 is 0. The van der Waals surface area contributed by atoms with Gasteiger partial charge in [-0.05, 0) is 0 Å². The third-order valence-corrected chi connectivity index (χ3v) is 0.732. The van der Waals surface area contributed by atoms with Crippen molar-refractivity contribution in [3.8, 4) is 18.2 Å². The van der Waals surface area contributed by atoms with Gasteiger partial charge in [-0.2, -0.15) is 20.7 Å². The summed E-state index contributed by atoms with van der Waals surface area (Å²) < 4.78 is 0. The van der Waals surface area contributed by atoms with E-state index in [1.807, 2.05) is 0 Å². The first-order valence-electron chi connectivity index (χ1n) is 2.54. The Kier molecular flexibility index (Phi) is 7.23. The van der Waals surface area contributed by atoms with E-state index in [1.54, 1.807) is 0 Å². The molecule has 0 bridgehead atoms. The minimum absolute atomic E-state index is 0. The van der Waals surface area contributed by atoms with Crippen molar-refractivity contribution in [2.75, 3.05) is 0 Å². The number of nitriles is 3. The van der Waals surface area contributed by atoms with E-state index in [1.165, 1.54) is 18.2 Å². The molecule has 0 aliphatic heterocycles. The van der Waals surface area contributed by atoms with Gasteiger partial charge < -0.3 is 10.0 Å². The van der Waals surface area contributed by atoms with Crippen molar-refractivity contribution in [3.05, 3.63) is 0 Å². The van der Waals surface area contributed by atoms with E-state index in [-0.39, 0.29) is 18.9 Å². The fourth-order valence-electron chi connectivity index (χ4n) is 0.246. The van der Waals surface area contributed by atoms with Gasteiger partial charge in [-0.1, -0.05) is 0 Å². The Morgan fingerprint density at radius 3 is 1.69 bits per heavy atom. The Morgan fingerprint density at radius 1 is 1.08 bits per heavy atom. The molecule has 0 aromatic rings. The van der Waals surface area contributed by atoms with Crippen LogP contribution in [0.25, 0.3) is 0 Å². The van der Waals surface area contributed by atoms with Gasteiger partial charge in [0.15, 0.2) is 0 Å². The number of rotatable bonds is 3. The predicted octanol–water partition coefficient (Wildman–Crippen LogP) is -2.43. The van der Waals surface area contributed by atoms with Crippen LogP contribution in [0.2, 0.25) is 0 Å². The van der Waals surface area contributed by atoms with Gasteiger partial charge in [-0.3, -0.25) is 0 Å². The van der Waals surface area contributed by atoms with Crippen molar-refractivity contribution in [2.24, 2.45) is 0 Å². The molecule has 7 nitrogen and oxygen atoms in total. The van der Waals surface area contributed by atoms with Crippen LogP contribution in [0.1, 0.15) is 0 Å². The summed E-state index contributed by atoms with van der Waals surface area (Å²) in [4.78, 5) is 7.48. The van der Waals surface area contributed by atoms with E-state index in [4.69, 9.17) is 25.8 Å². The first kappa shape index (κ1) is 14.5. The fourth-order valence-corrected chi connectivity index (χ4v) is 0.246. The summed E-state index contributed by atoms with van der Waals surface area (Å²) in [5, 5.41) is 40.8. The fraction of sp³-hybridized carbons (Fsp3) is 0.250. The summed E-state index contributed by atoms with van der Waals surface area (Å²) in [5.41, 5.74) is -2.47. The molecule has 0 aromatic carbocycles. The minimum atomic E-state index is -2.47. The molecule has 0 aliphatic rings. The van der Waals surface area contributed by atoms with Gasteiger partial charge in [0.25, 0.3) is 0 Å². The molecule has 9 heteroatoms. The molecular weight excluding hydrogens is 172 g/mol. The average molecular weight is 175 g/mol. The standard InChI is InChI=1S/C4H2BN3O4.Li.H/c6-1-4(2-7,3-8)11-12-5(9)10;;/h9-10H;;. The van der Waals surface area contributed by atoms with Gasteiger partial charge >= 0.3 is 31.8 Å². The normalized spacial score (nSPS) is 8.54. The predicted molar refractivity (Wildman–Crippen MR) is 39.1 cm³/mol. The second-order valence-electron chi connectivity index (χ2n) is 1.52. The van der Waals surface area contributed by atoms with Crippen LogP contribution in [0, 0.1) is 34.0 Å². The van der Waals surface area contributed by atoms with Crippen LogP contribution in [-0.2, 0) is 9.69 Å². The first-order chi connectivity index (χ1) is 5.60. The van der Waals surface area contributed by atoms with Gasteiger partial charge in [0.05, 0.1) is 0 Å². The zero-order valence-electron chi connectivity index (χ0n) is 5.63. The molecule has 0 saturated carbocycles. The van der Waals surface area contributed by atoms with E-state index in [2.05, 4.69) is 9.69 Å². The summed E-state index contributed by atoms with van der Waals surface area (Å²) in [7, 11) is -2.31. The molecule has 0 fully saturated rings. The summed E-state index contributed by atoms with van der Waals surface area (Å²) in [6.07, 6.45) is 0. The Hall–Kier alpha value is -1.03. The zero-order valence-corrected chi connectivity index (χ0v) is 5.63. The van der Waals surface area contributed by atoms with Crippen LogP contribution in [0.5, 0.6) is 0 Å². The van der Waals surface area contributed by atoms with Crippen molar-refractivity contribution in [1.82, 2.24) is 0 Å². The van der Waals surface area contributed by atoms with Gasteiger partial charge in [-0.25, -0.2) is 4.81 Å². The van der Waals surface area contributed by atoms with Gasteiger partial charge in [0.1, 0.15) is 18.2 Å². The third kappa shape index (κ3) is 4.52. The van der Waals surface area contributed by atoms with Crippen molar-refractivity contribution in [2.45, 2.75) is 5.60 Å². The second-order valence-corrected chi connectivity index (χ2v) is 1.52. The van der Waals surface area contributed by atoms with Crippen molar-refractivity contribution < 1.29 is 19.7 Å². The molecule has 2 N–H and O–H groups in total. The van der Waals surface area contributed by atoms with Crippen LogP contribution in [-0.4, -0.2) is 41.8 Å². The maximum atomic E-state index is 8.23. The molecule has 0 atom stereocenters. The van der Waals surface area contributed by atoms with Crippen LogP contribution >= 0.6 is 0 Å². The molecule has 0 rings (SSSR count). The van der Waals surface area contributed by atoms with E-state index in [9.17, 15) is 0 Å². The Morgan fingerprint density at radius 2 is 1.46 bits per heavy atom. The maximum absolute atomic E-state index is 8.23. The van der Waals surface area contributed by atoms with Crippen LogP contribution < -0.4 is 0 Å². The SMILES string of the molecule is N#CC(C#N)(C#N)OOB(O)O.[LiH]. The van der Waals surface area contributed by atoms with Gasteiger partial charge in [0, 0.05) is 0 Å². The Balaban J connectivity index is 0. The van der Waals surface area contributed by atoms with E-state index >= 15 is 0 Å². The molecule has 13 heavy (non-hydrogen) atoms. The number of hydrogen-bond donors (Lipinski definition) is 2. The number of nitrogens with zero attached hydrogens (tertiary/aromatic N) is 3. The molecule has 0 heterocycles. The molecule has 0 saturated heterocycles. The molecule has 0 radical (unpaired) electrons. The van der Waals surface area contributed by atoms with E-state index in [0.29, 0.717) is 0 Å². The number of hydrogen-bond acceptors (Lipinski definition) is 7. The van der Waals surface area contributed by atoms with Crippen molar-refractivity contribution in [3.63, 3.8) is 0 Å². The summed E-state index contributed by atoms with van der Waals surface area (Å²) in [5.74, 6) is 0. The quantitative estimate of drug-likeness (QED) is 0.276. The van der Waals surface area contributed by atoms with E-state index < -0.39 is 12.9 Å². The summed E-state index contributed by atoms with van der Waals surface area (Å²) in [6, 6.07) is 3.54. The third-order valence-electron chi connectivity index (χ3n) is 0.732. The van der Waals surface area contributed by atoms with Crippen molar-refractivity contribution >= 4 is 26.2 Å². The van der Waals surface area contributed by atoms with Crippen molar-refractivity contribution in [1.29, 1.82) is 15.8 Å². The van der Waals surface area contributed by atoms with Gasteiger partial charge in [-0.15, -0.1) is 0 Å². The molecule has 0 spiro atoms. The first-order valence-corrected chi connectivity index (χ1v) is 2.54. The molecule has 0 unspecified atom stereocenters. The molecule has 0 aromatic heterocycles. The summed E-state index contributed by atoms with van der Waals surface area (Å²) in [6.45, 7) is 0.